The maximum Gasteiger partial charge on any atom is 0.341 e. The molecule has 0 bridgehead atoms. The third-order valence-electron chi connectivity index (χ3n) is 4.47. The standard InChI is InChI=1S/C23H28N2O6S/c1-5-16-12-17(22(28)30-6-2)21(32-16)24-18(26)13-31-23(29)19(14(3)4)25-20(27)15-10-8-7-9-11-15/h7-12,14,19H,5-6,13H2,1-4H3,(H,24,26)(H,25,27)/t19-/m1/s1. The number of nitrogens with one attached hydrogen (secondary N) is 2. The highest BCUT2D eigenvalue weighted by Crippen LogP contribution is 2.29. The fourth-order valence-electron chi connectivity index (χ4n) is 2.77. The van der Waals surface area contributed by atoms with Crippen LogP contribution < -0.4 is 10.6 Å². The largest absolute Gasteiger partial charge is 0.462 e. The third kappa shape index (κ3) is 6.91. The predicted octanol–water partition coefficient (Wildman–Crippen LogP) is 3.42. The van der Waals surface area contributed by atoms with E-state index in [9.17, 15) is 19.2 Å². The maximum atomic E-state index is 12.5. The van der Waals surface area contributed by atoms with Crippen LogP contribution in [0.1, 0.15) is 53.3 Å². The molecule has 2 N–H and O–H groups in total. The number of ether oxygens (including phenoxy) is 2. The fraction of sp³-hybridized carbons (Fsp3) is 0.391. The first-order chi connectivity index (χ1) is 15.3. The van der Waals surface area contributed by atoms with Gasteiger partial charge < -0.3 is 20.1 Å². The molecule has 172 valence electrons. The van der Waals surface area contributed by atoms with Crippen LogP contribution >= 0.6 is 11.3 Å². The molecule has 0 unspecified atom stereocenters. The van der Waals surface area contributed by atoms with E-state index < -0.39 is 36.4 Å². The Morgan fingerprint density at radius 2 is 1.72 bits per heavy atom. The number of thiophene rings is 1. The maximum absolute atomic E-state index is 12.5. The number of carbonyl (C=O) groups excluding carboxylic acids is 4. The van der Waals surface area contributed by atoms with Crippen LogP contribution in [0, 0.1) is 5.92 Å². The van der Waals surface area contributed by atoms with Gasteiger partial charge in [-0.2, -0.15) is 0 Å². The molecule has 0 aliphatic carbocycles. The van der Waals surface area contributed by atoms with Crippen LogP contribution in [0.25, 0.3) is 0 Å². The van der Waals surface area contributed by atoms with Crippen LogP contribution in [0.15, 0.2) is 36.4 Å². The first-order valence-electron chi connectivity index (χ1n) is 10.4. The van der Waals surface area contributed by atoms with Gasteiger partial charge in [0.15, 0.2) is 6.61 Å². The summed E-state index contributed by atoms with van der Waals surface area (Å²) in [6, 6.07) is 9.27. The molecule has 0 fully saturated rings. The Bertz CT molecular complexity index is 955. The molecule has 1 aromatic heterocycles. The Kier molecular flexibility index (Phi) is 9.39. The van der Waals surface area contributed by atoms with Crippen LogP contribution in [-0.4, -0.2) is 43.0 Å². The van der Waals surface area contributed by atoms with Gasteiger partial charge in [-0.1, -0.05) is 39.0 Å². The zero-order chi connectivity index (χ0) is 23.7. The van der Waals surface area contributed by atoms with Crippen molar-refractivity contribution in [1.29, 1.82) is 0 Å². The Morgan fingerprint density at radius 1 is 1.03 bits per heavy atom. The minimum absolute atomic E-state index is 0.215. The molecule has 8 nitrogen and oxygen atoms in total. The number of aryl methyl sites for hydroxylation is 1. The number of benzene rings is 1. The van der Waals surface area contributed by atoms with Crippen molar-refractivity contribution in [3.8, 4) is 0 Å². The van der Waals surface area contributed by atoms with Gasteiger partial charge in [0, 0.05) is 10.4 Å². The molecule has 0 aliphatic rings. The molecule has 1 aromatic carbocycles. The summed E-state index contributed by atoms with van der Waals surface area (Å²) < 4.78 is 10.2. The normalized spacial score (nSPS) is 11.5. The van der Waals surface area contributed by atoms with Gasteiger partial charge in [-0.15, -0.1) is 11.3 Å². The van der Waals surface area contributed by atoms with Crippen LogP contribution in [-0.2, 0) is 25.5 Å². The second-order valence-corrected chi connectivity index (χ2v) is 8.38. The van der Waals surface area contributed by atoms with E-state index >= 15 is 0 Å². The zero-order valence-electron chi connectivity index (χ0n) is 18.6. The number of hydrogen-bond donors (Lipinski definition) is 2. The molecule has 0 spiro atoms. The summed E-state index contributed by atoms with van der Waals surface area (Å²) in [6.07, 6.45) is 0.694. The molecule has 32 heavy (non-hydrogen) atoms. The van der Waals surface area contributed by atoms with Crippen molar-refractivity contribution in [2.24, 2.45) is 5.92 Å². The second-order valence-electron chi connectivity index (χ2n) is 7.25. The van der Waals surface area contributed by atoms with Gasteiger partial charge in [0.1, 0.15) is 11.0 Å². The lowest BCUT2D eigenvalue weighted by Crippen LogP contribution is -2.45. The molecule has 0 radical (unpaired) electrons. The van der Waals surface area contributed by atoms with E-state index in [1.54, 1.807) is 57.2 Å². The van der Waals surface area contributed by atoms with E-state index in [1.807, 2.05) is 6.92 Å². The topological polar surface area (TPSA) is 111 Å². The lowest BCUT2D eigenvalue weighted by Gasteiger charge is -2.20. The molecule has 2 aromatic rings. The van der Waals surface area contributed by atoms with Gasteiger partial charge in [0.25, 0.3) is 11.8 Å². The minimum Gasteiger partial charge on any atom is -0.462 e. The number of rotatable bonds is 10. The van der Waals surface area contributed by atoms with Crippen molar-refractivity contribution in [1.82, 2.24) is 5.32 Å². The number of anilines is 1. The average Bonchev–Trinajstić information content (AvgIpc) is 3.19. The number of esters is 2. The molecule has 1 heterocycles. The highest BCUT2D eigenvalue weighted by molar-refractivity contribution is 7.16. The van der Waals surface area contributed by atoms with Gasteiger partial charge in [0.2, 0.25) is 0 Å². The van der Waals surface area contributed by atoms with Crippen molar-refractivity contribution in [2.75, 3.05) is 18.5 Å². The van der Waals surface area contributed by atoms with Gasteiger partial charge in [-0.25, -0.2) is 9.59 Å². The number of carbonyl (C=O) groups is 4. The van der Waals surface area contributed by atoms with Gasteiger partial charge in [0.05, 0.1) is 12.2 Å². The van der Waals surface area contributed by atoms with Gasteiger partial charge >= 0.3 is 11.9 Å². The van der Waals surface area contributed by atoms with Gasteiger partial charge in [-0.3, -0.25) is 9.59 Å². The average molecular weight is 461 g/mol. The monoisotopic (exact) mass is 460 g/mol. The Labute approximate surface area is 191 Å². The van der Waals surface area contributed by atoms with Crippen molar-refractivity contribution >= 4 is 40.1 Å². The van der Waals surface area contributed by atoms with Crippen molar-refractivity contribution in [2.45, 2.75) is 40.2 Å². The van der Waals surface area contributed by atoms with Crippen molar-refractivity contribution in [3.05, 3.63) is 52.4 Å². The summed E-state index contributed by atoms with van der Waals surface area (Å²) >= 11 is 1.26. The second kappa shape index (κ2) is 12.0. The molecule has 1 atom stereocenters. The van der Waals surface area contributed by atoms with E-state index in [2.05, 4.69) is 10.6 Å². The van der Waals surface area contributed by atoms with Crippen LogP contribution in [0.3, 0.4) is 0 Å². The molecule has 2 rings (SSSR count). The number of amides is 2. The van der Waals surface area contributed by atoms with Gasteiger partial charge in [-0.05, 0) is 37.5 Å². The lowest BCUT2D eigenvalue weighted by atomic mass is 10.0. The smallest absolute Gasteiger partial charge is 0.341 e. The molecular formula is C23H28N2O6S. The van der Waals surface area contributed by atoms with Crippen LogP contribution in [0.4, 0.5) is 5.00 Å². The minimum atomic E-state index is -0.918. The summed E-state index contributed by atoms with van der Waals surface area (Å²) in [5.41, 5.74) is 0.683. The molecule has 0 saturated heterocycles. The Morgan fingerprint density at radius 3 is 2.31 bits per heavy atom. The predicted molar refractivity (Wildman–Crippen MR) is 122 cm³/mol. The van der Waals surface area contributed by atoms with Crippen molar-refractivity contribution in [3.63, 3.8) is 0 Å². The summed E-state index contributed by atoms with van der Waals surface area (Å²) in [7, 11) is 0. The summed E-state index contributed by atoms with van der Waals surface area (Å²) in [5, 5.41) is 5.61. The van der Waals surface area contributed by atoms with Crippen molar-refractivity contribution < 1.29 is 28.7 Å². The quantitative estimate of drug-likeness (QED) is 0.526. The molecule has 0 saturated carbocycles. The SMILES string of the molecule is CCOC(=O)c1cc(CC)sc1NC(=O)COC(=O)[C@H](NC(=O)c1ccccc1)C(C)C. The molecular weight excluding hydrogens is 432 g/mol. The first kappa shape index (κ1) is 25.1. The van der Waals surface area contributed by atoms with E-state index in [1.165, 1.54) is 11.3 Å². The van der Waals surface area contributed by atoms with E-state index in [-0.39, 0.29) is 18.1 Å². The summed E-state index contributed by atoms with van der Waals surface area (Å²) in [5.74, 6) is -2.50. The lowest BCUT2D eigenvalue weighted by molar-refractivity contribution is -0.150. The van der Waals surface area contributed by atoms with E-state index in [0.29, 0.717) is 17.0 Å². The zero-order valence-corrected chi connectivity index (χ0v) is 19.4. The summed E-state index contributed by atoms with van der Waals surface area (Å²) in [4.78, 5) is 50.3. The molecule has 2 amide bonds. The highest BCUT2D eigenvalue weighted by Gasteiger charge is 2.27. The van der Waals surface area contributed by atoms with E-state index in [0.717, 1.165) is 4.88 Å². The number of hydrogen-bond acceptors (Lipinski definition) is 7. The first-order valence-corrected chi connectivity index (χ1v) is 11.2. The Balaban J connectivity index is 1.99. The third-order valence-corrected chi connectivity index (χ3v) is 5.66. The van der Waals surface area contributed by atoms with E-state index in [4.69, 9.17) is 9.47 Å². The molecule has 0 aliphatic heterocycles. The van der Waals surface area contributed by atoms with Crippen LogP contribution in [0.2, 0.25) is 0 Å². The Hall–Kier alpha value is -3.20. The van der Waals surface area contributed by atoms with Crippen LogP contribution in [0.5, 0.6) is 0 Å². The fourth-order valence-corrected chi connectivity index (χ4v) is 3.77. The highest BCUT2D eigenvalue weighted by atomic mass is 32.1. The summed E-state index contributed by atoms with van der Waals surface area (Å²) in [6.45, 7) is 6.83. The molecule has 9 heteroatoms.